The first kappa shape index (κ1) is 24.0. The number of imidazole rings is 1. The molecule has 0 spiro atoms. The summed E-state index contributed by atoms with van der Waals surface area (Å²) in [6.45, 7) is 6.19. The summed E-state index contributed by atoms with van der Waals surface area (Å²) in [5.41, 5.74) is 10.4. The van der Waals surface area contributed by atoms with E-state index in [0.717, 1.165) is 28.2 Å². The number of aromatic nitrogens is 2. The van der Waals surface area contributed by atoms with Crippen LogP contribution in [0.15, 0.2) is 66.1 Å². The van der Waals surface area contributed by atoms with Crippen LogP contribution < -0.4 is 10.5 Å². The summed E-state index contributed by atoms with van der Waals surface area (Å²) < 4.78 is 22.0. The van der Waals surface area contributed by atoms with Crippen LogP contribution in [0, 0.1) is 5.82 Å². The van der Waals surface area contributed by atoms with Gasteiger partial charge in [0.25, 0.3) is 0 Å². The van der Waals surface area contributed by atoms with Crippen molar-refractivity contribution >= 4 is 11.6 Å². The number of halogens is 1. The molecular weight excluding hydrogens is 423 g/mol. The number of fused-ring (bicyclic) bond motifs is 1. The molecule has 2 aromatic heterocycles. The third kappa shape index (κ3) is 5.40. The van der Waals surface area contributed by atoms with Crippen LogP contribution in [0.4, 0.5) is 4.39 Å². The van der Waals surface area contributed by atoms with Crippen LogP contribution in [-0.2, 0) is 11.2 Å². The van der Waals surface area contributed by atoms with Gasteiger partial charge in [-0.3, -0.25) is 0 Å². The largest absolute Gasteiger partial charge is 0.492 e. The van der Waals surface area contributed by atoms with E-state index in [9.17, 15) is 14.3 Å². The van der Waals surface area contributed by atoms with Gasteiger partial charge in [-0.05, 0) is 43.3 Å². The van der Waals surface area contributed by atoms with Crippen molar-refractivity contribution in [2.45, 2.75) is 19.8 Å². The first-order valence-corrected chi connectivity index (χ1v) is 10.6. The fraction of sp³-hybridized carbons (Fsp3) is 0.280. The van der Waals surface area contributed by atoms with E-state index in [1.54, 1.807) is 12.3 Å². The van der Waals surface area contributed by atoms with Crippen LogP contribution in [-0.4, -0.2) is 52.6 Å². The molecule has 0 radical (unpaired) electrons. The molecule has 3 aromatic rings. The van der Waals surface area contributed by atoms with Crippen molar-refractivity contribution in [2.24, 2.45) is 5.73 Å². The summed E-state index contributed by atoms with van der Waals surface area (Å²) in [7, 11) is 3.67. The van der Waals surface area contributed by atoms with Gasteiger partial charge in [-0.25, -0.2) is 14.2 Å². The van der Waals surface area contributed by atoms with Crippen LogP contribution in [0.2, 0.25) is 0 Å². The first-order chi connectivity index (χ1) is 15.7. The maximum atomic E-state index is 14.1. The minimum Gasteiger partial charge on any atom is -0.492 e. The predicted octanol–water partition coefficient (Wildman–Crippen LogP) is 3.89. The summed E-state index contributed by atoms with van der Waals surface area (Å²) in [6, 6.07) is 8.18. The van der Waals surface area contributed by atoms with E-state index in [-0.39, 0.29) is 12.2 Å². The topological polar surface area (TPSA) is 93.1 Å². The minimum absolute atomic E-state index is 0.0160. The van der Waals surface area contributed by atoms with Crippen LogP contribution in [0.3, 0.4) is 0 Å². The molecule has 0 saturated heterocycles. The number of aliphatic carboxylic acids is 1. The summed E-state index contributed by atoms with van der Waals surface area (Å²) in [6.07, 6.45) is 4.73. The van der Waals surface area contributed by atoms with Crippen LogP contribution >= 0.6 is 0 Å². The average molecular weight is 453 g/mol. The number of rotatable bonds is 10. The number of hydrogen-bond donors (Lipinski definition) is 2. The highest BCUT2D eigenvalue weighted by molar-refractivity contribution is 5.91. The van der Waals surface area contributed by atoms with Gasteiger partial charge in [0.1, 0.15) is 17.2 Å². The van der Waals surface area contributed by atoms with E-state index in [1.165, 1.54) is 12.1 Å². The number of pyridine rings is 1. The molecule has 0 unspecified atom stereocenters. The highest BCUT2D eigenvalue weighted by Crippen LogP contribution is 2.32. The maximum absolute atomic E-state index is 14.1. The quantitative estimate of drug-likeness (QED) is 0.358. The fourth-order valence-corrected chi connectivity index (χ4v) is 3.59. The highest BCUT2D eigenvalue weighted by atomic mass is 19.1. The molecular formula is C25H29FN4O3. The molecule has 3 rings (SSSR count). The predicted molar refractivity (Wildman–Crippen MR) is 127 cm³/mol. The number of nitrogens with two attached hydrogens (primary N) is 1. The molecule has 2 heterocycles. The number of benzene rings is 1. The van der Waals surface area contributed by atoms with Gasteiger partial charge in [0.15, 0.2) is 0 Å². The van der Waals surface area contributed by atoms with E-state index < -0.39 is 11.8 Å². The first-order valence-electron chi connectivity index (χ1n) is 10.6. The third-order valence-electron chi connectivity index (χ3n) is 5.58. The van der Waals surface area contributed by atoms with E-state index in [0.29, 0.717) is 30.7 Å². The maximum Gasteiger partial charge on any atom is 0.335 e. The van der Waals surface area contributed by atoms with Gasteiger partial charge in [-0.15, -0.1) is 0 Å². The van der Waals surface area contributed by atoms with Gasteiger partial charge >= 0.3 is 5.97 Å². The third-order valence-corrected chi connectivity index (χ3v) is 5.58. The Balaban J connectivity index is 1.90. The normalized spacial score (nSPS) is 11.9. The Kier molecular flexibility index (Phi) is 7.50. The number of hydrogen-bond acceptors (Lipinski definition) is 5. The monoisotopic (exact) mass is 452 g/mol. The molecule has 7 nitrogen and oxygen atoms in total. The zero-order valence-corrected chi connectivity index (χ0v) is 19.1. The van der Waals surface area contributed by atoms with Gasteiger partial charge < -0.3 is 24.9 Å². The number of ether oxygens (including phenoxy) is 1. The van der Waals surface area contributed by atoms with Crippen LogP contribution in [0.25, 0.3) is 16.8 Å². The Hall–Kier alpha value is -3.65. The molecule has 0 amide bonds. The van der Waals surface area contributed by atoms with Gasteiger partial charge in [0, 0.05) is 67.9 Å². The summed E-state index contributed by atoms with van der Waals surface area (Å²) in [5, 5.41) is 9.40. The number of nitrogens with zero attached hydrogens (tertiary/aromatic N) is 3. The Labute approximate surface area is 192 Å². The number of carboxylic acids is 1. The van der Waals surface area contributed by atoms with Crippen molar-refractivity contribution in [1.29, 1.82) is 0 Å². The SMILES string of the molecule is C=C(C(=O)O)/C(CCOc1cc(F)ccc1-c1ccc2ncc(CCN)n2c1)=C(/C)N(C)C. The van der Waals surface area contributed by atoms with Crippen LogP contribution in [0.5, 0.6) is 5.75 Å². The van der Waals surface area contributed by atoms with E-state index in [1.807, 2.05) is 48.6 Å². The Bertz CT molecular complexity index is 1210. The molecule has 1 aromatic carbocycles. The smallest absolute Gasteiger partial charge is 0.335 e. The average Bonchev–Trinajstić information content (AvgIpc) is 3.18. The summed E-state index contributed by atoms with van der Waals surface area (Å²) in [5.74, 6) is -1.13. The number of allylic oxidation sites excluding steroid dienone is 1. The molecule has 0 atom stereocenters. The second-order valence-electron chi connectivity index (χ2n) is 7.92. The molecule has 0 aliphatic rings. The second kappa shape index (κ2) is 10.3. The van der Waals surface area contributed by atoms with Gasteiger partial charge in [-0.1, -0.05) is 6.58 Å². The molecule has 0 aliphatic heterocycles. The molecule has 3 N–H and O–H groups in total. The van der Waals surface area contributed by atoms with Crippen molar-refractivity contribution < 1.29 is 19.0 Å². The molecule has 0 bridgehead atoms. The lowest BCUT2D eigenvalue weighted by Gasteiger charge is -2.20. The molecule has 174 valence electrons. The van der Waals surface area contributed by atoms with Crippen molar-refractivity contribution in [1.82, 2.24) is 14.3 Å². The highest BCUT2D eigenvalue weighted by Gasteiger charge is 2.16. The number of carbonyl (C=O) groups is 1. The molecule has 8 heteroatoms. The van der Waals surface area contributed by atoms with Gasteiger partial charge in [-0.2, -0.15) is 0 Å². The van der Waals surface area contributed by atoms with Crippen molar-refractivity contribution in [3.05, 3.63) is 77.7 Å². The molecule has 0 aliphatic carbocycles. The molecule has 0 fully saturated rings. The second-order valence-corrected chi connectivity index (χ2v) is 7.92. The lowest BCUT2D eigenvalue weighted by Crippen LogP contribution is -2.16. The van der Waals surface area contributed by atoms with E-state index in [2.05, 4.69) is 11.6 Å². The van der Waals surface area contributed by atoms with E-state index in [4.69, 9.17) is 10.5 Å². The fourth-order valence-electron chi connectivity index (χ4n) is 3.59. The standard InChI is InChI=1S/C25H29FN4O3/c1-16(25(31)32)21(17(2)29(3)4)10-12-33-23-13-19(26)6-7-22(23)18-5-8-24-28-14-20(9-11-27)30(24)15-18/h5-8,13-15H,1,9-12,27H2,2-4H3,(H,31,32)/b21-17-. The minimum atomic E-state index is -1.08. The van der Waals surface area contributed by atoms with Crippen LogP contribution in [0.1, 0.15) is 19.0 Å². The van der Waals surface area contributed by atoms with Crippen molar-refractivity contribution in [2.75, 3.05) is 27.2 Å². The molecule has 0 saturated carbocycles. The lowest BCUT2D eigenvalue weighted by atomic mass is 10.0. The Morgan fingerprint density at radius 2 is 2.06 bits per heavy atom. The Morgan fingerprint density at radius 3 is 2.73 bits per heavy atom. The Morgan fingerprint density at radius 1 is 1.30 bits per heavy atom. The van der Waals surface area contributed by atoms with E-state index >= 15 is 0 Å². The van der Waals surface area contributed by atoms with Gasteiger partial charge in [0.2, 0.25) is 0 Å². The number of carboxylic acid groups (broad SMARTS) is 1. The summed E-state index contributed by atoms with van der Waals surface area (Å²) in [4.78, 5) is 17.7. The summed E-state index contributed by atoms with van der Waals surface area (Å²) >= 11 is 0. The van der Waals surface area contributed by atoms with Gasteiger partial charge in [0.05, 0.1) is 12.2 Å². The molecule has 33 heavy (non-hydrogen) atoms. The van der Waals surface area contributed by atoms with Crippen molar-refractivity contribution in [3.8, 4) is 16.9 Å². The zero-order chi connectivity index (χ0) is 24.1. The zero-order valence-electron chi connectivity index (χ0n) is 19.1. The van der Waals surface area contributed by atoms with Crippen molar-refractivity contribution in [3.63, 3.8) is 0 Å². The lowest BCUT2D eigenvalue weighted by molar-refractivity contribution is -0.132.